The van der Waals surface area contributed by atoms with E-state index in [1.54, 1.807) is 0 Å². The molecule has 20 heavy (non-hydrogen) atoms. The minimum absolute atomic E-state index is 0.171. The number of likely N-dealkylation sites (N-methyl/N-ethyl adjacent to an activating group) is 1. The Morgan fingerprint density at radius 1 is 1.40 bits per heavy atom. The van der Waals surface area contributed by atoms with Crippen LogP contribution in [0.15, 0.2) is 4.52 Å². The molecule has 0 saturated carbocycles. The van der Waals surface area contributed by atoms with Crippen molar-refractivity contribution in [2.24, 2.45) is 11.3 Å². The third-order valence-corrected chi connectivity index (χ3v) is 3.88. The molecule has 1 aliphatic heterocycles. The average molecular weight is 281 g/mol. The standard InChI is InChI=1S/C15H27N3O2/c1-5-16-12(15(2,3)4)9-14-17-13(18-20-14)8-11-6-7-19-10-11/h11-12,16H,5-10H2,1-4H3. The number of ether oxygens (including phenoxy) is 1. The van der Waals surface area contributed by atoms with Gasteiger partial charge in [-0.25, -0.2) is 0 Å². The highest BCUT2D eigenvalue weighted by atomic mass is 16.5. The summed E-state index contributed by atoms with van der Waals surface area (Å²) in [5, 5.41) is 7.61. The summed E-state index contributed by atoms with van der Waals surface area (Å²) in [5.41, 5.74) is 0.171. The van der Waals surface area contributed by atoms with Crippen molar-refractivity contribution in [1.82, 2.24) is 15.5 Å². The molecule has 1 saturated heterocycles. The molecule has 1 N–H and O–H groups in total. The van der Waals surface area contributed by atoms with E-state index in [2.05, 4.69) is 43.2 Å². The molecule has 0 bridgehead atoms. The van der Waals surface area contributed by atoms with Gasteiger partial charge in [0.05, 0.1) is 0 Å². The lowest BCUT2D eigenvalue weighted by Gasteiger charge is -2.30. The highest BCUT2D eigenvalue weighted by Crippen LogP contribution is 2.23. The Hall–Kier alpha value is -0.940. The van der Waals surface area contributed by atoms with Crippen LogP contribution in [-0.4, -0.2) is 35.9 Å². The van der Waals surface area contributed by atoms with Crippen LogP contribution in [0, 0.1) is 11.3 Å². The molecular formula is C15H27N3O2. The number of hydrogen-bond donors (Lipinski definition) is 1. The molecule has 0 aliphatic carbocycles. The van der Waals surface area contributed by atoms with Crippen molar-refractivity contribution in [3.05, 3.63) is 11.7 Å². The number of rotatable bonds is 6. The van der Waals surface area contributed by atoms with E-state index in [9.17, 15) is 0 Å². The minimum Gasteiger partial charge on any atom is -0.381 e. The molecule has 2 unspecified atom stereocenters. The van der Waals surface area contributed by atoms with Crippen LogP contribution < -0.4 is 5.32 Å². The molecule has 1 aliphatic rings. The van der Waals surface area contributed by atoms with Crippen LogP contribution in [0.4, 0.5) is 0 Å². The van der Waals surface area contributed by atoms with Gasteiger partial charge in [-0.2, -0.15) is 4.98 Å². The molecule has 0 amide bonds. The summed E-state index contributed by atoms with van der Waals surface area (Å²) in [6.45, 7) is 11.4. The van der Waals surface area contributed by atoms with Gasteiger partial charge in [0.1, 0.15) is 0 Å². The van der Waals surface area contributed by atoms with Gasteiger partial charge in [0, 0.05) is 32.1 Å². The lowest BCUT2D eigenvalue weighted by atomic mass is 9.84. The van der Waals surface area contributed by atoms with Gasteiger partial charge in [0.15, 0.2) is 5.82 Å². The van der Waals surface area contributed by atoms with Crippen LogP contribution in [0.3, 0.4) is 0 Å². The van der Waals surface area contributed by atoms with Crippen LogP contribution >= 0.6 is 0 Å². The maximum absolute atomic E-state index is 5.40. The second-order valence-corrected chi connectivity index (χ2v) is 6.72. The van der Waals surface area contributed by atoms with Crippen molar-refractivity contribution in [2.75, 3.05) is 19.8 Å². The normalized spacial score (nSPS) is 21.3. The molecule has 0 spiro atoms. The van der Waals surface area contributed by atoms with Crippen LogP contribution in [0.1, 0.15) is 45.8 Å². The summed E-state index contributed by atoms with van der Waals surface area (Å²) in [4.78, 5) is 4.54. The molecule has 1 fully saturated rings. The monoisotopic (exact) mass is 281 g/mol. The number of aromatic nitrogens is 2. The molecule has 2 rings (SSSR count). The van der Waals surface area contributed by atoms with E-state index in [1.165, 1.54) is 0 Å². The molecule has 2 atom stereocenters. The molecule has 5 heteroatoms. The topological polar surface area (TPSA) is 60.2 Å². The molecule has 114 valence electrons. The fraction of sp³-hybridized carbons (Fsp3) is 0.867. The lowest BCUT2D eigenvalue weighted by molar-refractivity contribution is 0.185. The zero-order valence-electron chi connectivity index (χ0n) is 13.1. The van der Waals surface area contributed by atoms with E-state index in [-0.39, 0.29) is 5.41 Å². The van der Waals surface area contributed by atoms with E-state index in [0.29, 0.717) is 12.0 Å². The fourth-order valence-corrected chi connectivity index (χ4v) is 2.56. The fourth-order valence-electron chi connectivity index (χ4n) is 2.56. The van der Waals surface area contributed by atoms with E-state index < -0.39 is 0 Å². The molecule has 0 radical (unpaired) electrons. The third kappa shape index (κ3) is 4.28. The summed E-state index contributed by atoms with van der Waals surface area (Å²) in [7, 11) is 0. The highest BCUT2D eigenvalue weighted by Gasteiger charge is 2.26. The van der Waals surface area contributed by atoms with E-state index in [4.69, 9.17) is 9.26 Å². The predicted molar refractivity (Wildman–Crippen MR) is 77.6 cm³/mol. The number of hydrogen-bond acceptors (Lipinski definition) is 5. The van der Waals surface area contributed by atoms with Gasteiger partial charge in [0.25, 0.3) is 0 Å². The van der Waals surface area contributed by atoms with Gasteiger partial charge >= 0.3 is 0 Å². The second kappa shape index (κ2) is 6.68. The van der Waals surface area contributed by atoms with Crippen LogP contribution in [0.25, 0.3) is 0 Å². The van der Waals surface area contributed by atoms with Crippen LogP contribution in [-0.2, 0) is 17.6 Å². The first-order valence-electron chi connectivity index (χ1n) is 7.61. The molecule has 1 aromatic heterocycles. The number of nitrogens with one attached hydrogen (secondary N) is 1. The average Bonchev–Trinajstić information content (AvgIpc) is 3.00. The van der Waals surface area contributed by atoms with Gasteiger partial charge in [-0.15, -0.1) is 0 Å². The highest BCUT2D eigenvalue weighted by molar-refractivity contribution is 4.94. The van der Waals surface area contributed by atoms with Crippen molar-refractivity contribution in [3.8, 4) is 0 Å². The quantitative estimate of drug-likeness (QED) is 0.866. The molecular weight excluding hydrogens is 254 g/mol. The zero-order chi connectivity index (χ0) is 14.6. The Balaban J connectivity index is 1.93. The van der Waals surface area contributed by atoms with Crippen LogP contribution in [0.2, 0.25) is 0 Å². The van der Waals surface area contributed by atoms with Crippen molar-refractivity contribution in [2.45, 2.75) is 53.0 Å². The third-order valence-electron chi connectivity index (χ3n) is 3.88. The van der Waals surface area contributed by atoms with Gasteiger partial charge in [-0.1, -0.05) is 32.9 Å². The summed E-state index contributed by atoms with van der Waals surface area (Å²) in [6, 6.07) is 0.343. The van der Waals surface area contributed by atoms with Crippen molar-refractivity contribution in [1.29, 1.82) is 0 Å². The Labute approximate surface area is 121 Å². The Morgan fingerprint density at radius 3 is 2.80 bits per heavy atom. The Bertz CT molecular complexity index is 405. The molecule has 1 aromatic rings. The van der Waals surface area contributed by atoms with Gasteiger partial charge in [-0.3, -0.25) is 0 Å². The first-order valence-corrected chi connectivity index (χ1v) is 7.61. The first kappa shape index (κ1) is 15.4. The first-order chi connectivity index (χ1) is 9.49. The maximum atomic E-state index is 5.40. The van der Waals surface area contributed by atoms with Crippen molar-refractivity contribution in [3.63, 3.8) is 0 Å². The summed E-state index contributed by atoms with van der Waals surface area (Å²) >= 11 is 0. The molecule has 2 heterocycles. The van der Waals surface area contributed by atoms with E-state index in [0.717, 1.165) is 50.7 Å². The van der Waals surface area contributed by atoms with Crippen molar-refractivity contribution >= 4 is 0 Å². The second-order valence-electron chi connectivity index (χ2n) is 6.72. The minimum atomic E-state index is 0.171. The summed E-state index contributed by atoms with van der Waals surface area (Å²) in [6.07, 6.45) is 2.75. The van der Waals surface area contributed by atoms with Crippen LogP contribution in [0.5, 0.6) is 0 Å². The largest absolute Gasteiger partial charge is 0.381 e. The Kier molecular flexibility index (Phi) is 5.16. The smallest absolute Gasteiger partial charge is 0.228 e. The Morgan fingerprint density at radius 2 is 2.20 bits per heavy atom. The van der Waals surface area contributed by atoms with E-state index in [1.807, 2.05) is 0 Å². The van der Waals surface area contributed by atoms with Crippen molar-refractivity contribution < 1.29 is 9.26 Å². The summed E-state index contributed by atoms with van der Waals surface area (Å²) < 4.78 is 10.8. The molecule has 0 aromatic carbocycles. The van der Waals surface area contributed by atoms with Gasteiger partial charge in [-0.05, 0) is 24.3 Å². The maximum Gasteiger partial charge on any atom is 0.228 e. The van der Waals surface area contributed by atoms with E-state index >= 15 is 0 Å². The number of nitrogens with zero attached hydrogens (tertiary/aromatic N) is 2. The SMILES string of the molecule is CCNC(Cc1nc(CC2CCOC2)no1)C(C)(C)C. The summed E-state index contributed by atoms with van der Waals surface area (Å²) in [5.74, 6) is 2.10. The lowest BCUT2D eigenvalue weighted by Crippen LogP contribution is -2.41. The predicted octanol–water partition coefficient (Wildman–Crippen LogP) is 2.22. The zero-order valence-corrected chi connectivity index (χ0v) is 13.1. The van der Waals surface area contributed by atoms with Gasteiger partial charge in [0.2, 0.25) is 5.89 Å². The van der Waals surface area contributed by atoms with Gasteiger partial charge < -0.3 is 14.6 Å². The molecule has 5 nitrogen and oxygen atoms in total.